The van der Waals surface area contributed by atoms with Crippen LogP contribution in [0.5, 0.6) is 0 Å². The van der Waals surface area contributed by atoms with Crippen molar-refractivity contribution in [1.29, 1.82) is 0 Å². The van der Waals surface area contributed by atoms with Crippen LogP contribution in [0.4, 0.5) is 21.5 Å². The normalized spacial score (nSPS) is 13.6. The van der Waals surface area contributed by atoms with Crippen LogP contribution in [0, 0.1) is 11.2 Å². The van der Waals surface area contributed by atoms with Gasteiger partial charge in [-0.1, -0.05) is 32.9 Å². The van der Waals surface area contributed by atoms with Crippen LogP contribution in [-0.2, 0) is 17.8 Å². The molecule has 5 heteroatoms. The number of nitrogens with one attached hydrogen (secondary N) is 1. The molecule has 2 aromatic carbocycles. The Bertz CT molecular complexity index is 809. The van der Waals surface area contributed by atoms with Gasteiger partial charge in [0.15, 0.2) is 0 Å². The number of benzene rings is 2. The summed E-state index contributed by atoms with van der Waals surface area (Å²) in [6.07, 6.45) is 1.35. The molecule has 1 amide bonds. The first kappa shape index (κ1) is 18.2. The summed E-state index contributed by atoms with van der Waals surface area (Å²) in [5.74, 6) is -0.249. The highest BCUT2D eigenvalue weighted by Gasteiger charge is 2.22. The Balaban J connectivity index is 1.75. The molecule has 1 aliphatic rings. The Labute approximate surface area is 154 Å². The molecular formula is C21H26FN3O. The number of halogens is 1. The lowest BCUT2D eigenvalue weighted by Crippen LogP contribution is -2.21. The van der Waals surface area contributed by atoms with Crippen LogP contribution in [0.2, 0.25) is 0 Å². The number of anilines is 3. The summed E-state index contributed by atoms with van der Waals surface area (Å²) in [6, 6.07) is 10.5. The van der Waals surface area contributed by atoms with Crippen molar-refractivity contribution in [3.63, 3.8) is 0 Å². The Hall–Kier alpha value is -2.56. The highest BCUT2D eigenvalue weighted by Crippen LogP contribution is 2.36. The second kappa shape index (κ2) is 6.98. The zero-order chi connectivity index (χ0) is 18.9. The fourth-order valence-electron chi connectivity index (χ4n) is 3.28. The number of nitrogens with two attached hydrogens (primary N) is 1. The minimum absolute atomic E-state index is 0.0229. The van der Waals surface area contributed by atoms with Crippen molar-refractivity contribution < 1.29 is 9.18 Å². The van der Waals surface area contributed by atoms with Gasteiger partial charge in [0, 0.05) is 25.2 Å². The summed E-state index contributed by atoms with van der Waals surface area (Å²) in [4.78, 5) is 14.4. The summed E-state index contributed by atoms with van der Waals surface area (Å²) >= 11 is 0. The largest absolute Gasteiger partial charge is 0.397 e. The number of hydrogen-bond donors (Lipinski definition) is 2. The smallest absolute Gasteiger partial charge is 0.224 e. The first-order valence-corrected chi connectivity index (χ1v) is 8.93. The van der Waals surface area contributed by atoms with Crippen LogP contribution in [-0.4, -0.2) is 12.5 Å². The Morgan fingerprint density at radius 1 is 1.23 bits per heavy atom. The van der Waals surface area contributed by atoms with Crippen molar-refractivity contribution in [2.75, 3.05) is 22.5 Å². The number of amides is 1. The van der Waals surface area contributed by atoms with E-state index in [2.05, 4.69) is 10.2 Å². The van der Waals surface area contributed by atoms with E-state index in [1.54, 1.807) is 12.1 Å². The summed E-state index contributed by atoms with van der Waals surface area (Å²) < 4.78 is 13.1. The molecule has 4 nitrogen and oxygen atoms in total. The predicted octanol–water partition coefficient (Wildman–Crippen LogP) is 4.35. The predicted molar refractivity (Wildman–Crippen MR) is 105 cm³/mol. The lowest BCUT2D eigenvalue weighted by atomic mass is 9.92. The van der Waals surface area contributed by atoms with Gasteiger partial charge in [0.25, 0.3) is 0 Å². The summed E-state index contributed by atoms with van der Waals surface area (Å²) in [7, 11) is 0. The molecule has 0 saturated heterocycles. The van der Waals surface area contributed by atoms with Crippen molar-refractivity contribution in [2.45, 2.75) is 40.2 Å². The molecule has 138 valence electrons. The average molecular weight is 355 g/mol. The highest BCUT2D eigenvalue weighted by molar-refractivity contribution is 5.95. The molecular weight excluding hydrogens is 329 g/mol. The zero-order valence-corrected chi connectivity index (χ0v) is 15.6. The average Bonchev–Trinajstić information content (AvgIpc) is 2.90. The molecule has 0 aromatic heterocycles. The molecule has 0 atom stereocenters. The van der Waals surface area contributed by atoms with Crippen molar-refractivity contribution in [1.82, 2.24) is 0 Å². The standard InChI is InChI=1S/C21H26FN3O/c1-21(2,3)12-20(26)24-18-10-15-8-9-25(19(15)11-17(18)23)13-14-4-6-16(22)7-5-14/h4-7,10-11H,8-9,12-13,23H2,1-3H3,(H,24,26). The molecule has 0 radical (unpaired) electrons. The molecule has 26 heavy (non-hydrogen) atoms. The van der Waals surface area contributed by atoms with Crippen LogP contribution >= 0.6 is 0 Å². The van der Waals surface area contributed by atoms with Crippen molar-refractivity contribution in [2.24, 2.45) is 5.41 Å². The third-order valence-electron chi connectivity index (χ3n) is 4.49. The first-order chi connectivity index (χ1) is 12.2. The summed E-state index contributed by atoms with van der Waals surface area (Å²) in [5, 5.41) is 2.94. The van der Waals surface area contributed by atoms with E-state index in [9.17, 15) is 9.18 Å². The van der Waals surface area contributed by atoms with E-state index >= 15 is 0 Å². The molecule has 3 N–H and O–H groups in total. The minimum Gasteiger partial charge on any atom is -0.397 e. The zero-order valence-electron chi connectivity index (χ0n) is 15.6. The topological polar surface area (TPSA) is 58.4 Å². The lowest BCUT2D eigenvalue weighted by molar-refractivity contribution is -0.117. The van der Waals surface area contributed by atoms with Crippen LogP contribution in [0.25, 0.3) is 0 Å². The Morgan fingerprint density at radius 2 is 1.92 bits per heavy atom. The van der Waals surface area contributed by atoms with Crippen molar-refractivity contribution in [3.05, 3.63) is 53.3 Å². The van der Waals surface area contributed by atoms with E-state index in [1.807, 2.05) is 32.9 Å². The van der Waals surface area contributed by atoms with Gasteiger partial charge < -0.3 is 16.0 Å². The van der Waals surface area contributed by atoms with Gasteiger partial charge >= 0.3 is 0 Å². The van der Waals surface area contributed by atoms with E-state index in [0.29, 0.717) is 24.3 Å². The Kier molecular flexibility index (Phi) is 4.90. The van der Waals surface area contributed by atoms with Gasteiger partial charge in [-0.15, -0.1) is 0 Å². The fraction of sp³-hybridized carbons (Fsp3) is 0.381. The van der Waals surface area contributed by atoms with E-state index in [1.165, 1.54) is 17.7 Å². The Morgan fingerprint density at radius 3 is 2.58 bits per heavy atom. The fourth-order valence-corrected chi connectivity index (χ4v) is 3.28. The number of rotatable bonds is 4. The molecule has 0 fully saturated rings. The maximum absolute atomic E-state index is 13.1. The van der Waals surface area contributed by atoms with Gasteiger partial charge in [-0.25, -0.2) is 4.39 Å². The second-order valence-electron chi connectivity index (χ2n) is 8.15. The van der Waals surface area contributed by atoms with Gasteiger partial charge in [0.05, 0.1) is 11.4 Å². The minimum atomic E-state index is -0.226. The quantitative estimate of drug-likeness (QED) is 0.802. The SMILES string of the molecule is CC(C)(C)CC(=O)Nc1cc2c(cc1N)N(Cc1ccc(F)cc1)CC2. The third kappa shape index (κ3) is 4.34. The second-order valence-corrected chi connectivity index (χ2v) is 8.15. The van der Waals surface area contributed by atoms with Crippen molar-refractivity contribution in [3.8, 4) is 0 Å². The van der Waals surface area contributed by atoms with Crippen LogP contribution in [0.3, 0.4) is 0 Å². The van der Waals surface area contributed by atoms with E-state index in [-0.39, 0.29) is 17.1 Å². The number of carbonyl (C=O) groups is 1. The summed E-state index contributed by atoms with van der Waals surface area (Å²) in [5.41, 5.74) is 10.7. The van der Waals surface area contributed by atoms with Crippen LogP contribution < -0.4 is 16.0 Å². The maximum atomic E-state index is 13.1. The maximum Gasteiger partial charge on any atom is 0.224 e. The number of nitrogen functional groups attached to an aromatic ring is 1. The molecule has 2 aromatic rings. The molecule has 0 aliphatic carbocycles. The van der Waals surface area contributed by atoms with Crippen LogP contribution in [0.1, 0.15) is 38.3 Å². The molecule has 0 saturated carbocycles. The van der Waals surface area contributed by atoms with E-state index < -0.39 is 0 Å². The molecule has 1 heterocycles. The monoisotopic (exact) mass is 355 g/mol. The molecule has 0 bridgehead atoms. The van der Waals surface area contributed by atoms with Gasteiger partial charge in [-0.05, 0) is 47.2 Å². The third-order valence-corrected chi connectivity index (χ3v) is 4.49. The number of hydrogen-bond acceptors (Lipinski definition) is 3. The molecule has 3 rings (SSSR count). The number of carbonyl (C=O) groups excluding carboxylic acids is 1. The van der Waals surface area contributed by atoms with Crippen LogP contribution in [0.15, 0.2) is 36.4 Å². The van der Waals surface area contributed by atoms with Gasteiger partial charge in [0.1, 0.15) is 5.82 Å². The van der Waals surface area contributed by atoms with Gasteiger partial charge in [-0.3, -0.25) is 4.79 Å². The van der Waals surface area contributed by atoms with Gasteiger partial charge in [-0.2, -0.15) is 0 Å². The van der Waals surface area contributed by atoms with Crippen molar-refractivity contribution >= 4 is 23.0 Å². The van der Waals surface area contributed by atoms with Gasteiger partial charge in [0.2, 0.25) is 5.91 Å². The van der Waals surface area contributed by atoms with E-state index in [0.717, 1.165) is 24.2 Å². The highest BCUT2D eigenvalue weighted by atomic mass is 19.1. The number of nitrogens with zero attached hydrogens (tertiary/aromatic N) is 1. The summed E-state index contributed by atoms with van der Waals surface area (Å²) in [6.45, 7) is 7.69. The molecule has 0 spiro atoms. The number of fused-ring (bicyclic) bond motifs is 1. The lowest BCUT2D eigenvalue weighted by Gasteiger charge is -2.21. The molecule has 1 aliphatic heterocycles. The molecule has 0 unspecified atom stereocenters. The first-order valence-electron chi connectivity index (χ1n) is 8.93. The van der Waals surface area contributed by atoms with E-state index in [4.69, 9.17) is 5.73 Å².